The molecule has 0 atom stereocenters. The Balaban J connectivity index is 2.54. The Morgan fingerprint density at radius 1 is 1.40 bits per heavy atom. The summed E-state index contributed by atoms with van der Waals surface area (Å²) in [6.07, 6.45) is 1.26. The summed E-state index contributed by atoms with van der Waals surface area (Å²) in [6, 6.07) is 2.46. The molecule has 1 heterocycles. The van der Waals surface area contributed by atoms with E-state index in [4.69, 9.17) is 4.42 Å². The Kier molecular flexibility index (Phi) is 6.23. The number of aryl methyl sites for hydroxylation is 1. The van der Waals surface area contributed by atoms with Gasteiger partial charge < -0.3 is 14.6 Å². The number of nitrogens with one attached hydrogen (secondary N) is 1. The maximum Gasteiger partial charge on any atom is 0.148 e. The van der Waals surface area contributed by atoms with Crippen molar-refractivity contribution in [3.8, 4) is 0 Å². The molecule has 1 N–H and O–H groups in total. The monoisotopic (exact) mass is 302 g/mol. The molecule has 1 aromatic heterocycles. The Morgan fingerprint density at radius 3 is 2.60 bits per heavy atom. The average molecular weight is 302 g/mol. The van der Waals surface area contributed by atoms with E-state index in [1.54, 1.807) is 0 Å². The standard InChI is InChI=1S/C14H26N2O3S/c1-11(2)15-9-14-8-13(12(3)19-14)10-16(4)6-7-20(5,17)18/h8,11,15H,6-7,9-10H2,1-5H3. The van der Waals surface area contributed by atoms with Crippen LogP contribution < -0.4 is 5.32 Å². The van der Waals surface area contributed by atoms with Crippen LogP contribution >= 0.6 is 0 Å². The van der Waals surface area contributed by atoms with Crippen molar-refractivity contribution in [2.45, 2.75) is 39.9 Å². The number of hydrogen-bond donors (Lipinski definition) is 1. The van der Waals surface area contributed by atoms with E-state index in [-0.39, 0.29) is 5.75 Å². The third-order valence-electron chi connectivity index (χ3n) is 3.04. The molecule has 0 aromatic carbocycles. The lowest BCUT2D eigenvalue weighted by atomic mass is 10.2. The van der Waals surface area contributed by atoms with Crippen LogP contribution in [-0.2, 0) is 22.9 Å². The van der Waals surface area contributed by atoms with E-state index in [0.29, 0.717) is 25.7 Å². The highest BCUT2D eigenvalue weighted by Crippen LogP contribution is 2.16. The third kappa shape index (κ3) is 6.54. The molecule has 5 nitrogen and oxygen atoms in total. The molecule has 6 heteroatoms. The second-order valence-electron chi connectivity index (χ2n) is 5.70. The van der Waals surface area contributed by atoms with Crippen molar-refractivity contribution in [1.82, 2.24) is 10.2 Å². The lowest BCUT2D eigenvalue weighted by Crippen LogP contribution is -2.25. The molecule has 0 unspecified atom stereocenters. The third-order valence-corrected chi connectivity index (χ3v) is 3.96. The lowest BCUT2D eigenvalue weighted by Gasteiger charge is -2.15. The first-order chi connectivity index (χ1) is 9.17. The van der Waals surface area contributed by atoms with E-state index in [0.717, 1.165) is 17.1 Å². The van der Waals surface area contributed by atoms with Crippen LogP contribution in [0, 0.1) is 6.92 Å². The van der Waals surface area contributed by atoms with Crippen molar-refractivity contribution in [2.24, 2.45) is 0 Å². The molecule has 0 aliphatic rings. The molecule has 0 aliphatic carbocycles. The summed E-state index contributed by atoms with van der Waals surface area (Å²) in [4.78, 5) is 2.00. The van der Waals surface area contributed by atoms with Gasteiger partial charge in [0.05, 0.1) is 12.3 Å². The van der Waals surface area contributed by atoms with Gasteiger partial charge in [-0.3, -0.25) is 0 Å². The van der Waals surface area contributed by atoms with Gasteiger partial charge in [0.25, 0.3) is 0 Å². The van der Waals surface area contributed by atoms with Crippen LogP contribution in [0.5, 0.6) is 0 Å². The highest BCUT2D eigenvalue weighted by atomic mass is 32.2. The smallest absolute Gasteiger partial charge is 0.148 e. The van der Waals surface area contributed by atoms with Crippen LogP contribution in [0.4, 0.5) is 0 Å². The SMILES string of the molecule is Cc1oc(CNC(C)C)cc1CN(C)CCS(C)(=O)=O. The van der Waals surface area contributed by atoms with Gasteiger partial charge in [0.15, 0.2) is 0 Å². The van der Waals surface area contributed by atoms with Crippen molar-refractivity contribution in [1.29, 1.82) is 0 Å². The Hall–Kier alpha value is -0.850. The summed E-state index contributed by atoms with van der Waals surface area (Å²) in [5, 5.41) is 3.31. The number of hydrogen-bond acceptors (Lipinski definition) is 5. The zero-order valence-corrected chi connectivity index (χ0v) is 13.9. The molecule has 1 aromatic rings. The Morgan fingerprint density at radius 2 is 2.05 bits per heavy atom. The molecule has 0 fully saturated rings. The average Bonchev–Trinajstić information content (AvgIpc) is 2.64. The van der Waals surface area contributed by atoms with Crippen molar-refractivity contribution < 1.29 is 12.8 Å². The van der Waals surface area contributed by atoms with E-state index < -0.39 is 9.84 Å². The van der Waals surface area contributed by atoms with E-state index in [1.165, 1.54) is 6.26 Å². The summed E-state index contributed by atoms with van der Waals surface area (Å²) in [5.41, 5.74) is 1.11. The van der Waals surface area contributed by atoms with Crippen molar-refractivity contribution in [2.75, 3.05) is 25.6 Å². The number of rotatable bonds is 8. The first-order valence-corrected chi connectivity index (χ1v) is 8.91. The molecule has 0 aliphatic heterocycles. The lowest BCUT2D eigenvalue weighted by molar-refractivity contribution is 0.342. The molecule has 0 bridgehead atoms. The highest BCUT2D eigenvalue weighted by Gasteiger charge is 2.11. The molecule has 0 amide bonds. The fourth-order valence-electron chi connectivity index (χ4n) is 1.83. The largest absolute Gasteiger partial charge is 0.465 e. The number of nitrogens with zero attached hydrogens (tertiary/aromatic N) is 1. The van der Waals surface area contributed by atoms with Gasteiger partial charge in [-0.1, -0.05) is 13.8 Å². The first kappa shape index (κ1) is 17.2. The summed E-state index contributed by atoms with van der Waals surface area (Å²) in [7, 11) is -0.989. The van der Waals surface area contributed by atoms with Crippen LogP contribution in [0.2, 0.25) is 0 Å². The molecule has 20 heavy (non-hydrogen) atoms. The van der Waals surface area contributed by atoms with Crippen molar-refractivity contribution in [3.05, 3.63) is 23.2 Å². The fourth-order valence-corrected chi connectivity index (χ4v) is 2.47. The van der Waals surface area contributed by atoms with Crippen molar-refractivity contribution in [3.63, 3.8) is 0 Å². The highest BCUT2D eigenvalue weighted by molar-refractivity contribution is 7.90. The predicted molar refractivity (Wildman–Crippen MR) is 81.5 cm³/mol. The maximum absolute atomic E-state index is 11.2. The van der Waals surface area contributed by atoms with Gasteiger partial charge in [-0.05, 0) is 20.0 Å². The first-order valence-electron chi connectivity index (χ1n) is 6.85. The minimum atomic E-state index is -2.91. The second kappa shape index (κ2) is 7.24. The van der Waals surface area contributed by atoms with Crippen molar-refractivity contribution >= 4 is 9.84 Å². The quantitative estimate of drug-likeness (QED) is 0.789. The zero-order chi connectivity index (χ0) is 15.3. The predicted octanol–water partition coefficient (Wildman–Crippen LogP) is 1.56. The summed E-state index contributed by atoms with van der Waals surface area (Å²) < 4.78 is 28.0. The fraction of sp³-hybridized carbons (Fsp3) is 0.714. The normalized spacial score (nSPS) is 12.6. The maximum atomic E-state index is 11.2. The molecular formula is C14H26N2O3S. The van der Waals surface area contributed by atoms with E-state index in [1.807, 2.05) is 24.9 Å². The molecule has 0 saturated heterocycles. The summed E-state index contributed by atoms with van der Waals surface area (Å²) >= 11 is 0. The Labute approximate surface area is 122 Å². The molecule has 0 radical (unpaired) electrons. The molecule has 1 rings (SSSR count). The van der Waals surface area contributed by atoms with Gasteiger partial charge >= 0.3 is 0 Å². The van der Waals surface area contributed by atoms with Crippen LogP contribution in [0.25, 0.3) is 0 Å². The molecule has 116 valence electrons. The van der Waals surface area contributed by atoms with Gasteiger partial charge in [-0.2, -0.15) is 0 Å². The molecule has 0 saturated carbocycles. The minimum absolute atomic E-state index is 0.183. The van der Waals surface area contributed by atoms with Crippen LogP contribution in [0.15, 0.2) is 10.5 Å². The van der Waals surface area contributed by atoms with Gasteiger partial charge in [0.1, 0.15) is 21.4 Å². The van der Waals surface area contributed by atoms with E-state index in [9.17, 15) is 8.42 Å². The van der Waals surface area contributed by atoms with Gasteiger partial charge in [0, 0.05) is 31.0 Å². The number of sulfone groups is 1. The molecular weight excluding hydrogens is 276 g/mol. The summed E-state index contributed by atoms with van der Waals surface area (Å²) in [5.74, 6) is 2.00. The zero-order valence-electron chi connectivity index (χ0n) is 13.1. The van der Waals surface area contributed by atoms with Crippen LogP contribution in [0.3, 0.4) is 0 Å². The van der Waals surface area contributed by atoms with Crippen LogP contribution in [-0.4, -0.2) is 45.0 Å². The number of furan rings is 1. The topological polar surface area (TPSA) is 62.6 Å². The van der Waals surface area contributed by atoms with E-state index in [2.05, 4.69) is 19.2 Å². The van der Waals surface area contributed by atoms with Gasteiger partial charge in [-0.25, -0.2) is 8.42 Å². The van der Waals surface area contributed by atoms with Crippen LogP contribution in [0.1, 0.15) is 30.9 Å². The Bertz CT molecular complexity index is 521. The van der Waals surface area contributed by atoms with Gasteiger partial charge in [-0.15, -0.1) is 0 Å². The summed E-state index contributed by atoms with van der Waals surface area (Å²) in [6.45, 7) is 8.07. The minimum Gasteiger partial charge on any atom is -0.465 e. The molecule has 0 spiro atoms. The second-order valence-corrected chi connectivity index (χ2v) is 7.96. The van der Waals surface area contributed by atoms with E-state index >= 15 is 0 Å². The van der Waals surface area contributed by atoms with Gasteiger partial charge in [0.2, 0.25) is 0 Å².